The van der Waals surface area contributed by atoms with Crippen LogP contribution in [0.2, 0.25) is 0 Å². The first-order valence-corrected chi connectivity index (χ1v) is 8.41. The molecule has 1 heterocycles. The Bertz CT molecular complexity index is 638. The third kappa shape index (κ3) is 4.56. The maximum atomic E-state index is 13.2. The summed E-state index contributed by atoms with van der Waals surface area (Å²) in [6.45, 7) is 4.23. The fourth-order valence-electron chi connectivity index (χ4n) is 3.20. The van der Waals surface area contributed by atoms with Crippen LogP contribution in [-0.4, -0.2) is 31.8 Å². The van der Waals surface area contributed by atoms with E-state index in [1.165, 1.54) is 17.7 Å². The van der Waals surface area contributed by atoms with Crippen LogP contribution in [0.25, 0.3) is 0 Å². The molecule has 0 amide bonds. The Hall–Kier alpha value is -1.91. The molecule has 2 aromatic carbocycles. The van der Waals surface area contributed by atoms with Crippen LogP contribution in [0.1, 0.15) is 17.5 Å². The zero-order valence-electron chi connectivity index (χ0n) is 14.1. The molecule has 24 heavy (non-hydrogen) atoms. The minimum absolute atomic E-state index is 0.195. The van der Waals surface area contributed by atoms with Gasteiger partial charge in [0.05, 0.1) is 13.7 Å². The quantitative estimate of drug-likeness (QED) is 0.770. The molecule has 0 saturated carbocycles. The number of rotatable bonds is 7. The topological polar surface area (TPSA) is 21.7 Å². The third-order valence-corrected chi connectivity index (χ3v) is 4.45. The molecule has 0 unspecified atom stereocenters. The lowest BCUT2D eigenvalue weighted by molar-refractivity contribution is 0.161. The summed E-state index contributed by atoms with van der Waals surface area (Å²) in [5.74, 6) is 1.27. The van der Waals surface area contributed by atoms with E-state index in [0.29, 0.717) is 5.92 Å². The molecule has 1 fully saturated rings. The predicted molar refractivity (Wildman–Crippen MR) is 92.4 cm³/mol. The molecule has 4 heteroatoms. The van der Waals surface area contributed by atoms with Crippen molar-refractivity contribution in [3.63, 3.8) is 0 Å². The maximum Gasteiger partial charge on any atom is 0.123 e. The van der Waals surface area contributed by atoms with E-state index >= 15 is 0 Å². The average molecular weight is 329 g/mol. The van der Waals surface area contributed by atoms with Crippen molar-refractivity contribution in [2.24, 2.45) is 5.92 Å². The molecule has 1 atom stereocenters. The third-order valence-electron chi connectivity index (χ3n) is 4.45. The highest BCUT2D eigenvalue weighted by molar-refractivity contribution is 5.33. The summed E-state index contributed by atoms with van der Waals surface area (Å²) in [6, 6.07) is 14.9. The van der Waals surface area contributed by atoms with E-state index in [2.05, 4.69) is 11.0 Å². The normalized spacial score (nSPS) is 17.4. The molecule has 0 bridgehead atoms. The molecule has 1 saturated heterocycles. The van der Waals surface area contributed by atoms with Gasteiger partial charge < -0.3 is 9.47 Å². The first kappa shape index (κ1) is 16.9. The number of nitrogens with zero attached hydrogens (tertiary/aromatic N) is 1. The Morgan fingerprint density at radius 2 is 1.92 bits per heavy atom. The predicted octanol–water partition coefficient (Wildman–Crippen LogP) is 3.87. The van der Waals surface area contributed by atoms with Gasteiger partial charge in [0.2, 0.25) is 0 Å². The Kier molecular flexibility index (Phi) is 5.83. The molecule has 0 aromatic heterocycles. The van der Waals surface area contributed by atoms with Crippen molar-refractivity contribution in [1.29, 1.82) is 0 Å². The van der Waals surface area contributed by atoms with Gasteiger partial charge in [-0.1, -0.05) is 30.3 Å². The molecule has 1 aliphatic heterocycles. The summed E-state index contributed by atoms with van der Waals surface area (Å²) in [7, 11) is 1.70. The number of halogens is 1. The van der Waals surface area contributed by atoms with Crippen molar-refractivity contribution in [3.05, 3.63) is 65.5 Å². The molecule has 0 N–H and O–H groups in total. The monoisotopic (exact) mass is 329 g/mol. The number of hydrogen-bond donors (Lipinski definition) is 0. The highest BCUT2D eigenvalue weighted by Crippen LogP contribution is 2.23. The van der Waals surface area contributed by atoms with Crippen molar-refractivity contribution in [1.82, 2.24) is 4.90 Å². The van der Waals surface area contributed by atoms with Crippen molar-refractivity contribution in [2.45, 2.75) is 19.5 Å². The van der Waals surface area contributed by atoms with Gasteiger partial charge in [-0.3, -0.25) is 4.90 Å². The molecule has 0 radical (unpaired) electrons. The largest absolute Gasteiger partial charge is 0.496 e. The van der Waals surface area contributed by atoms with Gasteiger partial charge in [0.1, 0.15) is 11.6 Å². The molecule has 128 valence electrons. The second kappa shape index (κ2) is 8.27. The van der Waals surface area contributed by atoms with E-state index in [4.69, 9.17) is 9.47 Å². The summed E-state index contributed by atoms with van der Waals surface area (Å²) >= 11 is 0. The number of hydrogen-bond acceptors (Lipinski definition) is 3. The van der Waals surface area contributed by atoms with Gasteiger partial charge in [0.25, 0.3) is 0 Å². The van der Waals surface area contributed by atoms with Gasteiger partial charge in [-0.2, -0.15) is 0 Å². The van der Waals surface area contributed by atoms with Crippen LogP contribution < -0.4 is 4.74 Å². The van der Waals surface area contributed by atoms with Crippen molar-refractivity contribution in [2.75, 3.05) is 26.9 Å². The van der Waals surface area contributed by atoms with Gasteiger partial charge >= 0.3 is 0 Å². The van der Waals surface area contributed by atoms with Crippen LogP contribution in [-0.2, 0) is 17.8 Å². The van der Waals surface area contributed by atoms with Crippen LogP contribution in [0.4, 0.5) is 4.39 Å². The van der Waals surface area contributed by atoms with Crippen LogP contribution in [0.5, 0.6) is 5.75 Å². The Morgan fingerprint density at radius 1 is 1.12 bits per heavy atom. The number of para-hydroxylation sites is 1. The molecule has 0 aliphatic carbocycles. The Labute approximate surface area is 143 Å². The first-order chi connectivity index (χ1) is 11.7. The lowest BCUT2D eigenvalue weighted by Crippen LogP contribution is -2.29. The second-order valence-electron chi connectivity index (χ2n) is 6.34. The van der Waals surface area contributed by atoms with E-state index in [1.54, 1.807) is 7.11 Å². The second-order valence-corrected chi connectivity index (χ2v) is 6.34. The standard InChI is InChI=1S/C20H24FNO2/c1-23-20-5-3-2-4-18(20)14-22(13-17-10-11-24-15-17)12-16-6-8-19(21)9-7-16/h2-9,17H,10-15H2,1H3/t17-/m0/s1. The minimum atomic E-state index is -0.195. The van der Waals surface area contributed by atoms with Gasteiger partial charge in [-0.25, -0.2) is 4.39 Å². The van der Waals surface area contributed by atoms with Gasteiger partial charge in [-0.05, 0) is 36.1 Å². The average Bonchev–Trinajstić information content (AvgIpc) is 3.10. The summed E-state index contributed by atoms with van der Waals surface area (Å²) in [5.41, 5.74) is 2.28. The minimum Gasteiger partial charge on any atom is -0.496 e. The lowest BCUT2D eigenvalue weighted by atomic mass is 10.1. The highest BCUT2D eigenvalue weighted by Gasteiger charge is 2.20. The van der Waals surface area contributed by atoms with E-state index < -0.39 is 0 Å². The summed E-state index contributed by atoms with van der Waals surface area (Å²) in [4.78, 5) is 2.39. The zero-order valence-corrected chi connectivity index (χ0v) is 14.1. The Balaban J connectivity index is 1.74. The zero-order chi connectivity index (χ0) is 16.8. The molecular weight excluding hydrogens is 305 g/mol. The molecule has 2 aromatic rings. The molecule has 0 spiro atoms. The van der Waals surface area contributed by atoms with Crippen molar-refractivity contribution >= 4 is 0 Å². The van der Waals surface area contributed by atoms with E-state index in [-0.39, 0.29) is 5.82 Å². The van der Waals surface area contributed by atoms with Crippen LogP contribution in [0.3, 0.4) is 0 Å². The van der Waals surface area contributed by atoms with Crippen LogP contribution in [0.15, 0.2) is 48.5 Å². The van der Waals surface area contributed by atoms with Crippen molar-refractivity contribution < 1.29 is 13.9 Å². The molecule has 3 rings (SSSR count). The van der Waals surface area contributed by atoms with E-state index in [9.17, 15) is 4.39 Å². The lowest BCUT2D eigenvalue weighted by Gasteiger charge is -2.26. The SMILES string of the molecule is COc1ccccc1CN(Cc1ccc(F)cc1)C[C@@H]1CCOC1. The van der Waals surface area contributed by atoms with Crippen LogP contribution >= 0.6 is 0 Å². The smallest absolute Gasteiger partial charge is 0.123 e. The van der Waals surface area contributed by atoms with Crippen LogP contribution in [0, 0.1) is 11.7 Å². The number of methoxy groups -OCH3 is 1. The fraction of sp³-hybridized carbons (Fsp3) is 0.400. The Morgan fingerprint density at radius 3 is 2.62 bits per heavy atom. The summed E-state index contributed by atoms with van der Waals surface area (Å²) < 4.78 is 24.1. The van der Waals surface area contributed by atoms with Crippen molar-refractivity contribution in [3.8, 4) is 5.75 Å². The summed E-state index contributed by atoms with van der Waals surface area (Å²) in [5, 5.41) is 0. The number of ether oxygens (including phenoxy) is 2. The first-order valence-electron chi connectivity index (χ1n) is 8.41. The van der Waals surface area contributed by atoms with Gasteiger partial charge in [-0.15, -0.1) is 0 Å². The van der Waals surface area contributed by atoms with Gasteiger partial charge in [0.15, 0.2) is 0 Å². The number of benzene rings is 2. The van der Waals surface area contributed by atoms with E-state index in [0.717, 1.165) is 50.6 Å². The molecular formula is C20H24FNO2. The molecule has 1 aliphatic rings. The van der Waals surface area contributed by atoms with Gasteiger partial charge in [0, 0.05) is 31.8 Å². The maximum absolute atomic E-state index is 13.2. The fourth-order valence-corrected chi connectivity index (χ4v) is 3.20. The molecule has 3 nitrogen and oxygen atoms in total. The highest BCUT2D eigenvalue weighted by atomic mass is 19.1. The summed E-state index contributed by atoms with van der Waals surface area (Å²) in [6.07, 6.45) is 1.10. The van der Waals surface area contributed by atoms with E-state index in [1.807, 2.05) is 30.3 Å².